The van der Waals surface area contributed by atoms with E-state index in [-0.39, 0.29) is 13.1 Å². The summed E-state index contributed by atoms with van der Waals surface area (Å²) in [6.07, 6.45) is 1.61. The lowest BCUT2D eigenvalue weighted by atomic mass is 10.1. The van der Waals surface area contributed by atoms with Crippen molar-refractivity contribution in [1.29, 1.82) is 0 Å². The van der Waals surface area contributed by atoms with Crippen molar-refractivity contribution in [2.24, 2.45) is 0 Å². The van der Waals surface area contributed by atoms with Gasteiger partial charge in [-0.05, 0) is 43.7 Å². The summed E-state index contributed by atoms with van der Waals surface area (Å²) in [6.45, 7) is 5.80. The summed E-state index contributed by atoms with van der Waals surface area (Å²) in [4.78, 5) is 5.99. The van der Waals surface area contributed by atoms with E-state index in [1.807, 2.05) is 26.0 Å². The molecule has 0 spiro atoms. The Morgan fingerprint density at radius 2 is 1.77 bits per heavy atom. The standard InChI is InChI=1S/C22H23F2N3O3S/c1-15-3-5-19(16(2)11-15)22-25-18(14-30-22)13-26-7-9-27(10-8-26)31(28,29)21-12-17(23)4-6-20(21)24/h3-6,11-12,14H,7-10,13H2,1-2H3. The molecule has 0 unspecified atom stereocenters. The maximum Gasteiger partial charge on any atom is 0.246 e. The first kappa shape index (κ1) is 21.6. The summed E-state index contributed by atoms with van der Waals surface area (Å²) in [5.74, 6) is -1.19. The van der Waals surface area contributed by atoms with Crippen molar-refractivity contribution in [2.45, 2.75) is 25.3 Å². The third-order valence-corrected chi connectivity index (χ3v) is 7.31. The molecule has 0 aliphatic carbocycles. The SMILES string of the molecule is Cc1ccc(-c2nc(CN3CCN(S(=O)(=O)c4cc(F)ccc4F)CC3)co2)c(C)c1. The fourth-order valence-electron chi connectivity index (χ4n) is 3.73. The van der Waals surface area contributed by atoms with Gasteiger partial charge in [-0.1, -0.05) is 17.7 Å². The van der Waals surface area contributed by atoms with E-state index < -0.39 is 26.6 Å². The molecule has 1 aliphatic heterocycles. The highest BCUT2D eigenvalue weighted by Crippen LogP contribution is 2.25. The normalized spacial score (nSPS) is 16.0. The highest BCUT2D eigenvalue weighted by atomic mass is 32.2. The van der Waals surface area contributed by atoms with Crippen molar-refractivity contribution < 1.29 is 21.6 Å². The first-order valence-electron chi connectivity index (χ1n) is 9.93. The molecule has 2 heterocycles. The minimum atomic E-state index is -4.09. The van der Waals surface area contributed by atoms with Crippen LogP contribution in [-0.4, -0.2) is 48.8 Å². The first-order valence-corrected chi connectivity index (χ1v) is 11.4. The number of aromatic nitrogens is 1. The molecule has 0 radical (unpaired) electrons. The number of nitrogens with zero attached hydrogens (tertiary/aromatic N) is 3. The lowest BCUT2D eigenvalue weighted by molar-refractivity contribution is 0.179. The molecule has 0 atom stereocenters. The van der Waals surface area contributed by atoms with Gasteiger partial charge in [0.2, 0.25) is 15.9 Å². The monoisotopic (exact) mass is 447 g/mol. The number of oxazole rings is 1. The molecule has 0 N–H and O–H groups in total. The number of benzene rings is 2. The van der Waals surface area contributed by atoms with Gasteiger partial charge in [0.1, 0.15) is 22.8 Å². The largest absolute Gasteiger partial charge is 0.444 e. The predicted octanol–water partition coefficient (Wildman–Crippen LogP) is 3.74. The zero-order chi connectivity index (χ0) is 22.2. The van der Waals surface area contributed by atoms with Gasteiger partial charge < -0.3 is 4.42 Å². The van der Waals surface area contributed by atoms with Crippen LogP contribution in [0.3, 0.4) is 0 Å². The number of rotatable bonds is 5. The average Bonchev–Trinajstić information content (AvgIpc) is 3.18. The zero-order valence-corrected chi connectivity index (χ0v) is 18.1. The van der Waals surface area contributed by atoms with Crippen LogP contribution in [0.25, 0.3) is 11.5 Å². The Bertz CT molecular complexity index is 1200. The summed E-state index contributed by atoms with van der Waals surface area (Å²) in [6, 6.07) is 8.51. The highest BCUT2D eigenvalue weighted by molar-refractivity contribution is 7.89. The number of aryl methyl sites for hydroxylation is 2. The van der Waals surface area contributed by atoms with E-state index in [1.54, 1.807) is 6.26 Å². The molecule has 0 saturated carbocycles. The first-order chi connectivity index (χ1) is 14.7. The maximum atomic E-state index is 14.0. The van der Waals surface area contributed by atoms with Gasteiger partial charge in [0, 0.05) is 38.3 Å². The molecule has 0 bridgehead atoms. The fourth-order valence-corrected chi connectivity index (χ4v) is 5.23. The summed E-state index contributed by atoms with van der Waals surface area (Å²) in [5, 5.41) is 0. The minimum Gasteiger partial charge on any atom is -0.444 e. The molecule has 4 rings (SSSR count). The number of piperazine rings is 1. The molecule has 1 aliphatic rings. The van der Waals surface area contributed by atoms with Crippen LogP contribution in [-0.2, 0) is 16.6 Å². The van der Waals surface area contributed by atoms with Crippen molar-refractivity contribution in [3.63, 3.8) is 0 Å². The van der Waals surface area contributed by atoms with Crippen molar-refractivity contribution in [3.8, 4) is 11.5 Å². The van der Waals surface area contributed by atoms with E-state index in [0.717, 1.165) is 35.0 Å². The summed E-state index contributed by atoms with van der Waals surface area (Å²) >= 11 is 0. The van der Waals surface area contributed by atoms with Crippen LogP contribution >= 0.6 is 0 Å². The summed E-state index contributed by atoms with van der Waals surface area (Å²) < 4.78 is 59.7. The average molecular weight is 448 g/mol. The molecule has 31 heavy (non-hydrogen) atoms. The van der Waals surface area contributed by atoms with Gasteiger partial charge >= 0.3 is 0 Å². The van der Waals surface area contributed by atoms with Crippen LogP contribution in [0.1, 0.15) is 16.8 Å². The highest BCUT2D eigenvalue weighted by Gasteiger charge is 2.31. The third kappa shape index (κ3) is 4.53. The third-order valence-electron chi connectivity index (χ3n) is 5.39. The second-order valence-electron chi connectivity index (χ2n) is 7.72. The minimum absolute atomic E-state index is 0.181. The van der Waals surface area contributed by atoms with Gasteiger partial charge in [-0.15, -0.1) is 0 Å². The predicted molar refractivity (Wildman–Crippen MR) is 112 cm³/mol. The fraction of sp³-hybridized carbons (Fsp3) is 0.318. The second kappa shape index (κ2) is 8.49. The van der Waals surface area contributed by atoms with Crippen molar-refractivity contribution in [3.05, 3.63) is 71.1 Å². The lowest BCUT2D eigenvalue weighted by Gasteiger charge is -2.33. The smallest absolute Gasteiger partial charge is 0.246 e. The molecule has 2 aromatic carbocycles. The molecular formula is C22H23F2N3O3S. The van der Waals surface area contributed by atoms with Crippen molar-refractivity contribution in [1.82, 2.24) is 14.2 Å². The number of hydrogen-bond acceptors (Lipinski definition) is 5. The van der Waals surface area contributed by atoms with Gasteiger partial charge in [-0.2, -0.15) is 4.31 Å². The Kier molecular flexibility index (Phi) is 5.92. The molecular weight excluding hydrogens is 424 g/mol. The van der Waals surface area contributed by atoms with E-state index in [1.165, 1.54) is 9.87 Å². The van der Waals surface area contributed by atoms with Crippen LogP contribution in [0.5, 0.6) is 0 Å². The Morgan fingerprint density at radius 1 is 1.03 bits per heavy atom. The molecule has 9 heteroatoms. The molecule has 0 amide bonds. The van der Waals surface area contributed by atoms with Crippen LogP contribution < -0.4 is 0 Å². The molecule has 3 aromatic rings. The van der Waals surface area contributed by atoms with Gasteiger partial charge in [-0.25, -0.2) is 22.2 Å². The van der Waals surface area contributed by atoms with E-state index in [0.29, 0.717) is 25.5 Å². The Morgan fingerprint density at radius 3 is 2.48 bits per heavy atom. The zero-order valence-electron chi connectivity index (χ0n) is 17.3. The summed E-state index contributed by atoms with van der Waals surface area (Å²) in [7, 11) is -4.09. The Labute approximate surface area is 180 Å². The van der Waals surface area contributed by atoms with E-state index >= 15 is 0 Å². The van der Waals surface area contributed by atoms with Crippen LogP contribution in [0.15, 0.2) is 52.0 Å². The van der Waals surface area contributed by atoms with Gasteiger partial charge in [0.25, 0.3) is 0 Å². The second-order valence-corrected chi connectivity index (χ2v) is 9.62. The molecule has 164 valence electrons. The van der Waals surface area contributed by atoms with E-state index in [9.17, 15) is 17.2 Å². The van der Waals surface area contributed by atoms with Crippen molar-refractivity contribution >= 4 is 10.0 Å². The quantitative estimate of drug-likeness (QED) is 0.596. The van der Waals surface area contributed by atoms with Gasteiger partial charge in [0.05, 0.1) is 5.69 Å². The lowest BCUT2D eigenvalue weighted by Crippen LogP contribution is -2.48. The molecule has 1 aromatic heterocycles. The molecule has 6 nitrogen and oxygen atoms in total. The topological polar surface area (TPSA) is 66.7 Å². The van der Waals surface area contributed by atoms with Crippen molar-refractivity contribution in [2.75, 3.05) is 26.2 Å². The molecule has 1 saturated heterocycles. The Hall–Kier alpha value is -2.62. The van der Waals surface area contributed by atoms with Gasteiger partial charge in [-0.3, -0.25) is 4.90 Å². The number of hydrogen-bond donors (Lipinski definition) is 0. The van der Waals surface area contributed by atoms with E-state index in [2.05, 4.69) is 16.0 Å². The number of halogens is 2. The van der Waals surface area contributed by atoms with Crippen LogP contribution in [0.2, 0.25) is 0 Å². The van der Waals surface area contributed by atoms with Gasteiger partial charge in [0.15, 0.2) is 0 Å². The number of sulfonamides is 1. The van der Waals surface area contributed by atoms with E-state index in [4.69, 9.17) is 4.42 Å². The Balaban J connectivity index is 1.41. The molecule has 1 fully saturated rings. The van der Waals surface area contributed by atoms with Crippen LogP contribution in [0, 0.1) is 25.5 Å². The summed E-state index contributed by atoms with van der Waals surface area (Å²) in [5.41, 5.74) is 3.93. The van der Waals surface area contributed by atoms with Crippen LogP contribution in [0.4, 0.5) is 8.78 Å². The maximum absolute atomic E-state index is 14.0.